The highest BCUT2D eigenvalue weighted by molar-refractivity contribution is 7.92. The number of halogens is 2. The fraction of sp³-hybridized carbons (Fsp3) is 0. The minimum absolute atomic E-state index is 0.00563. The normalized spacial score (nSPS) is 11.1. The Hall–Kier alpha value is -3.07. The number of sulfonamides is 1. The third kappa shape index (κ3) is 4.07. The Bertz CT molecular complexity index is 981. The van der Waals surface area contributed by atoms with Crippen molar-refractivity contribution in [2.45, 2.75) is 4.90 Å². The van der Waals surface area contributed by atoms with Crippen LogP contribution in [-0.4, -0.2) is 18.4 Å². The lowest BCUT2D eigenvalue weighted by molar-refractivity contribution is 0.442. The van der Waals surface area contributed by atoms with E-state index >= 15 is 0 Å². The first-order valence-corrected chi connectivity index (χ1v) is 8.45. The Balaban J connectivity index is 1.78. The van der Waals surface area contributed by atoms with Gasteiger partial charge in [0.1, 0.15) is 22.3 Å². The average Bonchev–Trinajstić information content (AvgIpc) is 2.59. The zero-order chi connectivity index (χ0) is 17.9. The molecule has 1 heterocycles. The maximum Gasteiger partial charge on any atom is 0.322 e. The molecule has 25 heavy (non-hydrogen) atoms. The molecule has 128 valence electrons. The molecule has 0 spiro atoms. The smallest absolute Gasteiger partial charge is 0.322 e. The number of para-hydroxylation sites is 1. The van der Waals surface area contributed by atoms with Gasteiger partial charge in [-0.2, -0.15) is 0 Å². The second-order valence-corrected chi connectivity index (χ2v) is 6.50. The molecule has 0 aliphatic rings. The molecule has 0 unspecified atom stereocenters. The summed E-state index contributed by atoms with van der Waals surface area (Å²) in [5.74, 6) is -1.43. The first-order chi connectivity index (χ1) is 11.9. The van der Waals surface area contributed by atoms with Gasteiger partial charge in [-0.15, -0.1) is 0 Å². The van der Waals surface area contributed by atoms with Crippen molar-refractivity contribution in [3.8, 4) is 11.8 Å². The Kier molecular flexibility index (Phi) is 4.57. The molecule has 0 radical (unpaired) electrons. The molecule has 0 bridgehead atoms. The molecule has 6 nitrogen and oxygen atoms in total. The highest BCUT2D eigenvalue weighted by Gasteiger charge is 2.20. The molecule has 2 aromatic carbocycles. The lowest BCUT2D eigenvalue weighted by atomic mass is 10.3. The van der Waals surface area contributed by atoms with E-state index in [9.17, 15) is 17.2 Å². The fourth-order valence-corrected chi connectivity index (χ4v) is 3.03. The van der Waals surface area contributed by atoms with Gasteiger partial charge in [-0.05, 0) is 30.3 Å². The number of benzene rings is 2. The molecule has 1 N–H and O–H groups in total. The summed E-state index contributed by atoms with van der Waals surface area (Å²) in [6.45, 7) is 0. The molecular weight excluding hydrogens is 352 g/mol. The molecule has 3 rings (SSSR count). The van der Waals surface area contributed by atoms with Crippen molar-refractivity contribution in [3.05, 3.63) is 72.6 Å². The lowest BCUT2D eigenvalue weighted by Crippen LogP contribution is -2.15. The minimum Gasteiger partial charge on any atom is -0.424 e. The minimum atomic E-state index is -4.32. The van der Waals surface area contributed by atoms with Crippen LogP contribution in [0, 0.1) is 11.6 Å². The second-order valence-electron chi connectivity index (χ2n) is 4.85. The van der Waals surface area contributed by atoms with E-state index in [1.165, 1.54) is 0 Å². The van der Waals surface area contributed by atoms with Crippen molar-refractivity contribution in [3.63, 3.8) is 0 Å². The van der Waals surface area contributed by atoms with E-state index in [-0.39, 0.29) is 11.7 Å². The number of nitrogens with zero attached hydrogens (tertiary/aromatic N) is 2. The summed E-state index contributed by atoms with van der Waals surface area (Å²) < 4.78 is 58.6. The van der Waals surface area contributed by atoms with Crippen LogP contribution in [0.5, 0.6) is 11.8 Å². The zero-order valence-corrected chi connectivity index (χ0v) is 13.4. The SMILES string of the molecule is O=S(=O)(Nc1cnc(Oc2ccccc2)nc1)c1cc(F)ccc1F. The standard InChI is InChI=1S/C16H11F2N3O3S/c17-11-6-7-14(18)15(8-11)25(22,23)21-12-9-19-16(20-10-12)24-13-4-2-1-3-5-13/h1-10,21H. The van der Waals surface area contributed by atoms with E-state index in [1.807, 2.05) is 6.07 Å². The number of ether oxygens (including phenoxy) is 1. The summed E-state index contributed by atoms with van der Waals surface area (Å²) in [4.78, 5) is 6.92. The van der Waals surface area contributed by atoms with Gasteiger partial charge in [0.2, 0.25) is 0 Å². The van der Waals surface area contributed by atoms with Gasteiger partial charge < -0.3 is 4.74 Å². The predicted octanol–water partition coefficient (Wildman–Crippen LogP) is 3.35. The monoisotopic (exact) mass is 363 g/mol. The number of hydrogen-bond acceptors (Lipinski definition) is 5. The summed E-state index contributed by atoms with van der Waals surface area (Å²) in [5, 5.41) is 0. The average molecular weight is 363 g/mol. The first-order valence-electron chi connectivity index (χ1n) is 6.97. The van der Waals surface area contributed by atoms with Crippen LogP contribution in [0.3, 0.4) is 0 Å². The van der Waals surface area contributed by atoms with Crippen LogP contribution < -0.4 is 9.46 Å². The van der Waals surface area contributed by atoms with Gasteiger partial charge in [-0.1, -0.05) is 18.2 Å². The molecule has 1 aromatic heterocycles. The summed E-state index contributed by atoms with van der Waals surface area (Å²) in [7, 11) is -4.32. The third-order valence-corrected chi connectivity index (χ3v) is 4.41. The van der Waals surface area contributed by atoms with Crippen LogP contribution >= 0.6 is 0 Å². The van der Waals surface area contributed by atoms with Crippen molar-refractivity contribution in [1.82, 2.24) is 9.97 Å². The van der Waals surface area contributed by atoms with Gasteiger partial charge in [0, 0.05) is 0 Å². The van der Waals surface area contributed by atoms with Crippen LogP contribution in [-0.2, 0) is 10.0 Å². The number of rotatable bonds is 5. The van der Waals surface area contributed by atoms with Gasteiger partial charge in [0.05, 0.1) is 18.1 Å². The Morgan fingerprint density at radius 2 is 1.64 bits per heavy atom. The van der Waals surface area contributed by atoms with E-state index in [2.05, 4.69) is 14.7 Å². The number of aromatic nitrogens is 2. The zero-order valence-electron chi connectivity index (χ0n) is 12.6. The summed E-state index contributed by atoms with van der Waals surface area (Å²) in [6, 6.07) is 10.9. The van der Waals surface area contributed by atoms with Gasteiger partial charge in [-0.3, -0.25) is 4.72 Å². The Morgan fingerprint density at radius 3 is 2.32 bits per heavy atom. The molecule has 0 aliphatic heterocycles. The maximum absolute atomic E-state index is 13.6. The van der Waals surface area contributed by atoms with Crippen LogP contribution in [0.4, 0.5) is 14.5 Å². The Morgan fingerprint density at radius 1 is 0.960 bits per heavy atom. The third-order valence-electron chi connectivity index (χ3n) is 3.02. The Labute approximate surface area is 142 Å². The van der Waals surface area contributed by atoms with Crippen molar-refractivity contribution in [1.29, 1.82) is 0 Å². The fourth-order valence-electron chi connectivity index (χ4n) is 1.91. The topological polar surface area (TPSA) is 81.2 Å². The quantitative estimate of drug-likeness (QED) is 0.752. The summed E-state index contributed by atoms with van der Waals surface area (Å²) in [5.41, 5.74) is -0.0240. The van der Waals surface area contributed by atoms with Gasteiger partial charge >= 0.3 is 6.01 Å². The predicted molar refractivity (Wildman–Crippen MR) is 85.7 cm³/mol. The van der Waals surface area contributed by atoms with Gasteiger partial charge in [-0.25, -0.2) is 27.2 Å². The van der Waals surface area contributed by atoms with E-state index < -0.39 is 26.6 Å². The van der Waals surface area contributed by atoms with Gasteiger partial charge in [0.15, 0.2) is 0 Å². The molecular formula is C16H11F2N3O3S. The molecule has 9 heteroatoms. The van der Waals surface area contributed by atoms with Crippen LogP contribution in [0.25, 0.3) is 0 Å². The molecule has 0 atom stereocenters. The van der Waals surface area contributed by atoms with Gasteiger partial charge in [0.25, 0.3) is 10.0 Å². The van der Waals surface area contributed by atoms with Crippen LogP contribution in [0.15, 0.2) is 65.8 Å². The maximum atomic E-state index is 13.6. The van der Waals surface area contributed by atoms with E-state index in [1.54, 1.807) is 24.3 Å². The molecule has 0 saturated heterocycles. The van der Waals surface area contributed by atoms with Crippen LogP contribution in [0.2, 0.25) is 0 Å². The number of hydrogen-bond donors (Lipinski definition) is 1. The lowest BCUT2D eigenvalue weighted by Gasteiger charge is -2.09. The summed E-state index contributed by atoms with van der Waals surface area (Å²) >= 11 is 0. The number of nitrogens with one attached hydrogen (secondary N) is 1. The van der Waals surface area contributed by atoms with Crippen molar-refractivity contribution < 1.29 is 21.9 Å². The molecule has 0 fully saturated rings. The van der Waals surface area contributed by atoms with E-state index in [0.717, 1.165) is 24.5 Å². The second kappa shape index (κ2) is 6.81. The van der Waals surface area contributed by atoms with Crippen molar-refractivity contribution in [2.75, 3.05) is 4.72 Å². The highest BCUT2D eigenvalue weighted by Crippen LogP contribution is 2.21. The molecule has 0 amide bonds. The molecule has 0 saturated carbocycles. The summed E-state index contributed by atoms with van der Waals surface area (Å²) in [6.07, 6.45) is 2.31. The van der Waals surface area contributed by atoms with Crippen LogP contribution in [0.1, 0.15) is 0 Å². The molecule has 0 aliphatic carbocycles. The van der Waals surface area contributed by atoms with E-state index in [0.29, 0.717) is 11.8 Å². The number of anilines is 1. The molecule has 3 aromatic rings. The van der Waals surface area contributed by atoms with Crippen molar-refractivity contribution >= 4 is 15.7 Å². The van der Waals surface area contributed by atoms with E-state index in [4.69, 9.17) is 4.74 Å². The highest BCUT2D eigenvalue weighted by atomic mass is 32.2. The van der Waals surface area contributed by atoms with Crippen molar-refractivity contribution in [2.24, 2.45) is 0 Å². The first kappa shape index (κ1) is 16.8. The largest absolute Gasteiger partial charge is 0.424 e.